The number of halogens is 4. The molecule has 0 saturated heterocycles. The van der Waals surface area contributed by atoms with E-state index in [-0.39, 0.29) is 34.7 Å². The number of aromatic amines is 1. The second kappa shape index (κ2) is 5.83. The molecule has 1 aliphatic rings. The van der Waals surface area contributed by atoms with Gasteiger partial charge in [-0.15, -0.1) is 0 Å². The van der Waals surface area contributed by atoms with E-state index in [2.05, 4.69) is 15.3 Å². The molecule has 27 heavy (non-hydrogen) atoms. The molecule has 0 aliphatic carbocycles. The van der Waals surface area contributed by atoms with Crippen LogP contribution in [-0.2, 0) is 12.7 Å². The number of alkyl halides is 3. The lowest BCUT2D eigenvalue weighted by atomic mass is 9.92. The van der Waals surface area contributed by atoms with Gasteiger partial charge in [0.25, 0.3) is 5.91 Å². The van der Waals surface area contributed by atoms with Crippen LogP contribution in [0.5, 0.6) is 0 Å². The third-order valence-corrected chi connectivity index (χ3v) is 4.39. The van der Waals surface area contributed by atoms with Crippen molar-refractivity contribution >= 4 is 11.6 Å². The maximum atomic E-state index is 14.3. The Morgan fingerprint density at radius 2 is 1.78 bits per heavy atom. The summed E-state index contributed by atoms with van der Waals surface area (Å²) in [7, 11) is 0. The zero-order valence-corrected chi connectivity index (χ0v) is 13.6. The highest BCUT2D eigenvalue weighted by atomic mass is 19.4. The van der Waals surface area contributed by atoms with Gasteiger partial charge in [-0.1, -0.05) is 6.07 Å². The summed E-state index contributed by atoms with van der Waals surface area (Å²) in [5, 5.41) is 2.62. The van der Waals surface area contributed by atoms with Gasteiger partial charge in [0.1, 0.15) is 17.3 Å². The summed E-state index contributed by atoms with van der Waals surface area (Å²) in [6.07, 6.45) is -3.91. The highest BCUT2D eigenvalue weighted by Gasteiger charge is 2.34. The third kappa shape index (κ3) is 2.80. The fourth-order valence-corrected chi connectivity index (χ4v) is 3.15. The topological polar surface area (TPSA) is 83.8 Å². The molecule has 4 N–H and O–H groups in total. The van der Waals surface area contributed by atoms with Gasteiger partial charge in [0.05, 0.1) is 11.8 Å². The molecule has 0 fully saturated rings. The largest absolute Gasteiger partial charge is 0.432 e. The summed E-state index contributed by atoms with van der Waals surface area (Å²) in [6, 6.07) is 7.21. The lowest BCUT2D eigenvalue weighted by Crippen LogP contribution is -2.13. The molecule has 0 atom stereocenters. The van der Waals surface area contributed by atoms with E-state index < -0.39 is 23.6 Å². The number of nitrogen functional groups attached to an aromatic ring is 1. The van der Waals surface area contributed by atoms with Crippen molar-refractivity contribution in [3.8, 4) is 22.5 Å². The Morgan fingerprint density at radius 1 is 1.07 bits per heavy atom. The molecule has 138 valence electrons. The maximum Gasteiger partial charge on any atom is 0.432 e. The first kappa shape index (κ1) is 17.1. The SMILES string of the molecule is Nc1ccc(-c2ccc(-c3ncc(C(F)(F)F)[nH]3)c3c2CNC3=O)c(F)c1. The third-order valence-electron chi connectivity index (χ3n) is 4.39. The molecule has 0 bridgehead atoms. The Labute approximate surface area is 150 Å². The van der Waals surface area contributed by atoms with Crippen molar-refractivity contribution in [2.45, 2.75) is 12.7 Å². The number of aromatic nitrogens is 2. The van der Waals surface area contributed by atoms with Crippen LogP contribution < -0.4 is 11.1 Å². The highest BCUT2D eigenvalue weighted by molar-refractivity contribution is 6.06. The monoisotopic (exact) mass is 376 g/mol. The summed E-state index contributed by atoms with van der Waals surface area (Å²) >= 11 is 0. The average molecular weight is 376 g/mol. The molecule has 1 aliphatic heterocycles. The van der Waals surface area contributed by atoms with Crippen LogP contribution in [-0.4, -0.2) is 15.9 Å². The number of hydrogen-bond acceptors (Lipinski definition) is 3. The lowest BCUT2D eigenvalue weighted by Gasteiger charge is -2.12. The average Bonchev–Trinajstić information content (AvgIpc) is 3.22. The van der Waals surface area contributed by atoms with Gasteiger partial charge in [0, 0.05) is 23.4 Å². The van der Waals surface area contributed by atoms with Gasteiger partial charge in [0.15, 0.2) is 0 Å². The Balaban J connectivity index is 1.88. The zero-order chi connectivity index (χ0) is 19.3. The van der Waals surface area contributed by atoms with Crippen LogP contribution in [0.15, 0.2) is 36.5 Å². The molecule has 0 saturated carbocycles. The smallest absolute Gasteiger partial charge is 0.399 e. The van der Waals surface area contributed by atoms with Crippen LogP contribution in [0.4, 0.5) is 23.2 Å². The van der Waals surface area contributed by atoms with Crippen molar-refractivity contribution in [3.63, 3.8) is 0 Å². The van der Waals surface area contributed by atoms with Crippen molar-refractivity contribution in [1.29, 1.82) is 0 Å². The van der Waals surface area contributed by atoms with E-state index in [0.29, 0.717) is 17.3 Å². The fraction of sp³-hybridized carbons (Fsp3) is 0.111. The molecule has 3 aromatic rings. The van der Waals surface area contributed by atoms with E-state index in [1.807, 2.05) is 0 Å². The van der Waals surface area contributed by atoms with Crippen molar-refractivity contribution < 1.29 is 22.4 Å². The second-order valence-electron chi connectivity index (χ2n) is 6.08. The second-order valence-corrected chi connectivity index (χ2v) is 6.08. The van der Waals surface area contributed by atoms with Crippen LogP contribution >= 0.6 is 0 Å². The van der Waals surface area contributed by atoms with E-state index in [9.17, 15) is 22.4 Å². The minimum absolute atomic E-state index is 0.0834. The van der Waals surface area contributed by atoms with Crippen molar-refractivity contribution in [2.24, 2.45) is 0 Å². The van der Waals surface area contributed by atoms with E-state index in [1.54, 1.807) is 6.07 Å². The lowest BCUT2D eigenvalue weighted by molar-refractivity contribution is -0.140. The summed E-state index contributed by atoms with van der Waals surface area (Å²) in [4.78, 5) is 18.2. The molecule has 4 rings (SSSR count). The van der Waals surface area contributed by atoms with E-state index in [4.69, 9.17) is 5.73 Å². The predicted molar refractivity (Wildman–Crippen MR) is 90.0 cm³/mol. The molecule has 0 unspecified atom stereocenters. The Hall–Kier alpha value is -3.36. The van der Waals surface area contributed by atoms with E-state index in [1.165, 1.54) is 24.3 Å². The molecule has 2 heterocycles. The Kier molecular flexibility index (Phi) is 3.69. The number of carbonyl (C=O) groups excluding carboxylic acids is 1. The number of rotatable bonds is 2. The summed E-state index contributed by atoms with van der Waals surface area (Å²) in [5.41, 5.74) is 6.41. The van der Waals surface area contributed by atoms with Crippen LogP contribution in [0.3, 0.4) is 0 Å². The first-order chi connectivity index (χ1) is 12.8. The number of H-pyrrole nitrogens is 1. The van der Waals surface area contributed by atoms with Gasteiger partial charge in [-0.2, -0.15) is 13.2 Å². The number of nitrogens with one attached hydrogen (secondary N) is 2. The fourth-order valence-electron chi connectivity index (χ4n) is 3.15. The number of nitrogens with two attached hydrogens (primary N) is 1. The first-order valence-corrected chi connectivity index (χ1v) is 7.88. The van der Waals surface area contributed by atoms with E-state index >= 15 is 0 Å². The Bertz CT molecular complexity index is 1070. The number of benzene rings is 2. The van der Waals surface area contributed by atoms with Crippen LogP contribution in [0.2, 0.25) is 0 Å². The number of anilines is 1. The van der Waals surface area contributed by atoms with Gasteiger partial charge in [-0.3, -0.25) is 4.79 Å². The number of fused-ring (bicyclic) bond motifs is 1. The normalized spacial score (nSPS) is 13.6. The summed E-state index contributed by atoms with van der Waals surface area (Å²) < 4.78 is 52.8. The van der Waals surface area contributed by atoms with Crippen LogP contribution in [0.25, 0.3) is 22.5 Å². The van der Waals surface area contributed by atoms with Crippen LogP contribution in [0, 0.1) is 5.82 Å². The Morgan fingerprint density at radius 3 is 2.44 bits per heavy atom. The summed E-state index contributed by atoms with van der Waals surface area (Å²) in [5.74, 6) is -1.09. The van der Waals surface area contributed by atoms with Gasteiger partial charge in [0.2, 0.25) is 0 Å². The van der Waals surface area contributed by atoms with Gasteiger partial charge < -0.3 is 16.0 Å². The predicted octanol–water partition coefficient (Wildman–Crippen LogP) is 3.73. The molecule has 2 aromatic carbocycles. The molecule has 0 radical (unpaired) electrons. The number of amides is 1. The quantitative estimate of drug-likeness (QED) is 0.471. The molecule has 1 amide bonds. The highest BCUT2D eigenvalue weighted by Crippen LogP contribution is 2.37. The van der Waals surface area contributed by atoms with Gasteiger partial charge in [-0.05, 0) is 35.4 Å². The zero-order valence-electron chi connectivity index (χ0n) is 13.6. The molecule has 0 spiro atoms. The standard InChI is InChI=1S/C18H12F4N4O/c19-13-5-8(23)1-2-10(13)9-3-4-11(15-12(9)6-25-17(15)27)16-24-7-14(26-16)18(20,21)22/h1-5,7H,6,23H2,(H,24,26)(H,25,27). The van der Waals surface area contributed by atoms with Crippen LogP contribution in [0.1, 0.15) is 21.6 Å². The molecule has 1 aromatic heterocycles. The summed E-state index contributed by atoms with van der Waals surface area (Å²) in [6.45, 7) is 0.133. The first-order valence-electron chi connectivity index (χ1n) is 7.88. The number of hydrogen-bond donors (Lipinski definition) is 3. The molecular formula is C18H12F4N4O. The minimum Gasteiger partial charge on any atom is -0.399 e. The maximum absolute atomic E-state index is 14.3. The minimum atomic E-state index is -4.58. The van der Waals surface area contributed by atoms with Crippen molar-refractivity contribution in [3.05, 3.63) is 59.2 Å². The molecule has 9 heteroatoms. The van der Waals surface area contributed by atoms with Crippen molar-refractivity contribution in [1.82, 2.24) is 15.3 Å². The van der Waals surface area contributed by atoms with Gasteiger partial charge >= 0.3 is 6.18 Å². The number of imidazole rings is 1. The van der Waals surface area contributed by atoms with E-state index in [0.717, 1.165) is 0 Å². The molecular weight excluding hydrogens is 364 g/mol. The molecule has 5 nitrogen and oxygen atoms in total. The number of nitrogens with zero attached hydrogens (tertiary/aromatic N) is 1. The van der Waals surface area contributed by atoms with Crippen molar-refractivity contribution in [2.75, 3.05) is 5.73 Å². The number of carbonyl (C=O) groups is 1. The van der Waals surface area contributed by atoms with Gasteiger partial charge in [-0.25, -0.2) is 9.37 Å².